The highest BCUT2D eigenvalue weighted by Crippen LogP contribution is 2.22. The van der Waals surface area contributed by atoms with Gasteiger partial charge in [-0.1, -0.05) is 0 Å². The number of imidazole rings is 1. The average Bonchev–Trinajstić information content (AvgIpc) is 3.13. The molecule has 22 heavy (non-hydrogen) atoms. The van der Waals surface area contributed by atoms with Crippen LogP contribution in [0.15, 0.2) is 12.4 Å². The quantitative estimate of drug-likeness (QED) is 0.788. The number of carbonyl (C=O) groups excluding carboxylic acids is 1. The third-order valence-electron chi connectivity index (χ3n) is 5.14. The van der Waals surface area contributed by atoms with E-state index < -0.39 is 0 Å². The molecule has 7 heteroatoms. The Hall–Kier alpha value is -1.60. The fraction of sp³-hybridized carbons (Fsp3) is 0.733. The lowest BCUT2D eigenvalue weighted by Crippen LogP contribution is -2.49. The van der Waals surface area contributed by atoms with Gasteiger partial charge in [-0.2, -0.15) is 0 Å². The zero-order chi connectivity index (χ0) is 15.1. The van der Waals surface area contributed by atoms with Crippen LogP contribution in [0.3, 0.4) is 0 Å². The van der Waals surface area contributed by atoms with Gasteiger partial charge >= 0.3 is 6.03 Å². The maximum atomic E-state index is 12.5. The van der Waals surface area contributed by atoms with E-state index in [1.54, 1.807) is 0 Å². The van der Waals surface area contributed by atoms with Crippen LogP contribution in [-0.4, -0.2) is 76.9 Å². The number of rotatable bonds is 1. The number of nitrogens with one attached hydrogen (secondary N) is 1. The molecule has 0 spiro atoms. The second-order valence-corrected chi connectivity index (χ2v) is 6.54. The summed E-state index contributed by atoms with van der Waals surface area (Å²) in [5, 5.41) is 3.18. The van der Waals surface area contributed by atoms with E-state index in [1.165, 1.54) is 0 Å². The van der Waals surface area contributed by atoms with E-state index in [0.717, 1.165) is 44.9 Å². The normalized spacial score (nSPS) is 31.7. The van der Waals surface area contributed by atoms with E-state index in [1.807, 2.05) is 17.3 Å². The van der Waals surface area contributed by atoms with Crippen molar-refractivity contribution in [2.75, 3.05) is 33.3 Å². The highest BCUT2D eigenvalue weighted by Gasteiger charge is 2.40. The molecule has 3 aliphatic rings. The molecule has 0 aliphatic carbocycles. The van der Waals surface area contributed by atoms with Crippen molar-refractivity contribution in [1.29, 1.82) is 0 Å². The molecule has 2 fully saturated rings. The van der Waals surface area contributed by atoms with Crippen molar-refractivity contribution < 1.29 is 9.53 Å². The summed E-state index contributed by atoms with van der Waals surface area (Å²) in [4.78, 5) is 21.1. The molecule has 1 unspecified atom stereocenters. The summed E-state index contributed by atoms with van der Waals surface area (Å²) in [6, 6.07) is 0.560. The molecule has 1 aromatic heterocycles. The van der Waals surface area contributed by atoms with Crippen molar-refractivity contribution in [2.45, 2.75) is 37.6 Å². The van der Waals surface area contributed by atoms with Gasteiger partial charge in [0.2, 0.25) is 0 Å². The number of fused-ring (bicyclic) bond motifs is 2. The molecule has 3 aliphatic heterocycles. The van der Waals surface area contributed by atoms with E-state index >= 15 is 0 Å². The fourth-order valence-corrected chi connectivity index (χ4v) is 3.76. The topological polar surface area (TPSA) is 62.6 Å². The van der Waals surface area contributed by atoms with Crippen molar-refractivity contribution in [2.24, 2.45) is 0 Å². The molecule has 3 atom stereocenters. The minimum absolute atomic E-state index is 0.0383. The maximum Gasteiger partial charge on any atom is 0.317 e. The zero-order valence-corrected chi connectivity index (χ0v) is 12.9. The molecule has 2 amide bonds. The van der Waals surface area contributed by atoms with Crippen LogP contribution >= 0.6 is 0 Å². The zero-order valence-electron chi connectivity index (χ0n) is 12.9. The molecule has 0 radical (unpaired) electrons. The molecule has 0 saturated carbocycles. The molecule has 7 nitrogen and oxygen atoms in total. The fourth-order valence-electron chi connectivity index (χ4n) is 3.76. The highest BCUT2D eigenvalue weighted by atomic mass is 16.5. The van der Waals surface area contributed by atoms with Crippen molar-refractivity contribution in [3.8, 4) is 0 Å². The first-order valence-corrected chi connectivity index (χ1v) is 8.08. The molecule has 1 aromatic rings. The molecule has 120 valence electrons. The molecule has 4 heterocycles. The van der Waals surface area contributed by atoms with Gasteiger partial charge in [0, 0.05) is 44.5 Å². The number of carbonyl (C=O) groups is 1. The van der Waals surface area contributed by atoms with Crippen LogP contribution < -0.4 is 5.32 Å². The number of ether oxygens (including phenoxy) is 1. The van der Waals surface area contributed by atoms with Gasteiger partial charge in [-0.05, 0) is 13.5 Å². The Bertz CT molecular complexity index is 560. The summed E-state index contributed by atoms with van der Waals surface area (Å²) >= 11 is 0. The number of morpholine rings is 1. The average molecular weight is 305 g/mol. The number of urea groups is 1. The van der Waals surface area contributed by atoms with Crippen LogP contribution in [0.25, 0.3) is 0 Å². The number of hydrogen-bond acceptors (Lipinski definition) is 4. The molecule has 4 rings (SSSR count). The van der Waals surface area contributed by atoms with Gasteiger partial charge in [0.1, 0.15) is 5.82 Å². The van der Waals surface area contributed by atoms with Gasteiger partial charge in [-0.3, -0.25) is 4.90 Å². The second kappa shape index (κ2) is 5.55. The van der Waals surface area contributed by atoms with Gasteiger partial charge in [-0.15, -0.1) is 0 Å². The number of likely N-dealkylation sites (N-methyl/N-ethyl adjacent to an activating group) is 1. The Labute approximate surface area is 130 Å². The van der Waals surface area contributed by atoms with E-state index in [9.17, 15) is 4.79 Å². The lowest BCUT2D eigenvalue weighted by Gasteiger charge is -2.33. The lowest BCUT2D eigenvalue weighted by atomic mass is 10.1. The van der Waals surface area contributed by atoms with Gasteiger partial charge in [0.05, 0.1) is 25.3 Å². The Balaban J connectivity index is 1.35. The van der Waals surface area contributed by atoms with Crippen LogP contribution in [-0.2, 0) is 17.7 Å². The van der Waals surface area contributed by atoms with Gasteiger partial charge in [0.25, 0.3) is 0 Å². The molecule has 2 saturated heterocycles. The molecular formula is C15H23N5O2. The number of aromatic nitrogens is 2. The molecular weight excluding hydrogens is 282 g/mol. The monoisotopic (exact) mass is 305 g/mol. The smallest absolute Gasteiger partial charge is 0.317 e. The Morgan fingerprint density at radius 2 is 2.32 bits per heavy atom. The summed E-state index contributed by atoms with van der Waals surface area (Å²) in [7, 11) is 2.11. The van der Waals surface area contributed by atoms with Crippen molar-refractivity contribution in [3.05, 3.63) is 18.2 Å². The van der Waals surface area contributed by atoms with Crippen LogP contribution in [0.4, 0.5) is 4.79 Å². The minimum atomic E-state index is 0.0383. The minimum Gasteiger partial charge on any atom is -0.373 e. The van der Waals surface area contributed by atoms with Crippen molar-refractivity contribution >= 4 is 6.03 Å². The predicted octanol–water partition coefficient (Wildman–Crippen LogP) is -0.0777. The summed E-state index contributed by atoms with van der Waals surface area (Å²) in [6.07, 6.45) is 5.78. The van der Waals surface area contributed by atoms with E-state index in [2.05, 4.69) is 26.8 Å². The van der Waals surface area contributed by atoms with Crippen LogP contribution in [0.1, 0.15) is 12.2 Å². The lowest BCUT2D eigenvalue weighted by molar-refractivity contribution is -0.0367. The number of amides is 2. The van der Waals surface area contributed by atoms with Crippen LogP contribution in [0, 0.1) is 0 Å². The Kier molecular flexibility index (Phi) is 3.54. The standard InChI is InChI=1S/C15H23N5O2/c1-18-6-7-22-13-10-20(9-12(13)18)15(21)17-11-2-4-19-5-3-16-14(19)8-11/h3,5,11-13H,2,4,6-10H2,1H3,(H,17,21)/t11?,12-,13+/m0/s1. The van der Waals surface area contributed by atoms with E-state index in [4.69, 9.17) is 4.74 Å². The summed E-state index contributed by atoms with van der Waals surface area (Å²) in [5.74, 6) is 1.06. The predicted molar refractivity (Wildman–Crippen MR) is 80.6 cm³/mol. The summed E-state index contributed by atoms with van der Waals surface area (Å²) in [6.45, 7) is 4.09. The van der Waals surface area contributed by atoms with Crippen LogP contribution in [0.2, 0.25) is 0 Å². The first-order chi connectivity index (χ1) is 10.7. The third kappa shape index (κ3) is 2.48. The third-order valence-corrected chi connectivity index (χ3v) is 5.14. The first kappa shape index (κ1) is 14.0. The molecule has 0 aromatic carbocycles. The maximum absolute atomic E-state index is 12.5. The Morgan fingerprint density at radius 1 is 1.41 bits per heavy atom. The molecule has 0 bridgehead atoms. The van der Waals surface area contributed by atoms with Gasteiger partial charge < -0.3 is 19.5 Å². The highest BCUT2D eigenvalue weighted by molar-refractivity contribution is 5.75. The number of likely N-dealkylation sites (tertiary alicyclic amines) is 1. The first-order valence-electron chi connectivity index (χ1n) is 8.08. The number of hydrogen-bond donors (Lipinski definition) is 1. The largest absolute Gasteiger partial charge is 0.373 e. The van der Waals surface area contributed by atoms with Crippen molar-refractivity contribution in [3.63, 3.8) is 0 Å². The van der Waals surface area contributed by atoms with E-state index in [-0.39, 0.29) is 18.2 Å². The SMILES string of the molecule is CN1CCO[C@@H]2CN(C(=O)NC3CCn4ccnc4C3)C[C@@H]21. The summed E-state index contributed by atoms with van der Waals surface area (Å²) < 4.78 is 7.96. The summed E-state index contributed by atoms with van der Waals surface area (Å²) in [5.41, 5.74) is 0. The van der Waals surface area contributed by atoms with Crippen LogP contribution in [0.5, 0.6) is 0 Å². The number of aryl methyl sites for hydroxylation is 1. The van der Waals surface area contributed by atoms with Gasteiger partial charge in [-0.25, -0.2) is 9.78 Å². The van der Waals surface area contributed by atoms with E-state index in [0.29, 0.717) is 12.6 Å². The van der Waals surface area contributed by atoms with Gasteiger partial charge in [0.15, 0.2) is 0 Å². The molecule has 1 N–H and O–H groups in total. The second-order valence-electron chi connectivity index (χ2n) is 6.54. The number of nitrogens with zero attached hydrogens (tertiary/aromatic N) is 4. The Morgan fingerprint density at radius 3 is 3.18 bits per heavy atom. The van der Waals surface area contributed by atoms with Crippen molar-refractivity contribution in [1.82, 2.24) is 24.7 Å².